The van der Waals surface area contributed by atoms with Gasteiger partial charge in [-0.15, -0.1) is 0 Å². The third kappa shape index (κ3) is 4.25. The maximum atomic E-state index is 14.1. The van der Waals surface area contributed by atoms with Crippen LogP contribution in [0.1, 0.15) is 43.7 Å². The number of carbonyl (C=O) groups excluding carboxylic acids is 2. The van der Waals surface area contributed by atoms with Crippen LogP contribution in [-0.4, -0.2) is 65.9 Å². The van der Waals surface area contributed by atoms with Crippen molar-refractivity contribution >= 4 is 17.5 Å². The Bertz CT molecular complexity index is 760. The highest BCUT2D eigenvalue weighted by Crippen LogP contribution is 2.32. The number of aryl methyl sites for hydroxylation is 1. The van der Waals surface area contributed by atoms with Crippen molar-refractivity contribution < 1.29 is 14.0 Å². The average molecular weight is 403 g/mol. The zero-order valence-electron chi connectivity index (χ0n) is 17.3. The largest absolute Gasteiger partial charge is 0.373 e. The van der Waals surface area contributed by atoms with Crippen LogP contribution in [0.4, 0.5) is 10.1 Å². The highest BCUT2D eigenvalue weighted by Gasteiger charge is 2.34. The maximum Gasteiger partial charge on any atom is 0.243 e. The Labute approximate surface area is 171 Å². The average Bonchev–Trinajstić information content (AvgIpc) is 3.18. The monoisotopic (exact) mass is 402 g/mol. The number of nitrogens with zero attached hydrogens (tertiary/aromatic N) is 2. The lowest BCUT2D eigenvalue weighted by atomic mass is 9.89. The van der Waals surface area contributed by atoms with Gasteiger partial charge >= 0.3 is 0 Å². The number of rotatable bonds is 3. The molecule has 2 N–H and O–H groups in total. The molecular formula is C22H31FN4O2. The third-order valence-corrected chi connectivity index (χ3v) is 6.78. The summed E-state index contributed by atoms with van der Waals surface area (Å²) in [7, 11) is 0. The first-order chi connectivity index (χ1) is 13.9. The summed E-state index contributed by atoms with van der Waals surface area (Å²) in [6.07, 6.45) is 4.57. The molecule has 0 radical (unpaired) electrons. The number of hydrogen-bond acceptors (Lipinski definition) is 4. The molecule has 3 atom stereocenters. The van der Waals surface area contributed by atoms with E-state index in [0.717, 1.165) is 63.1 Å². The van der Waals surface area contributed by atoms with Crippen LogP contribution in [0.3, 0.4) is 0 Å². The molecule has 0 bridgehead atoms. The lowest BCUT2D eigenvalue weighted by molar-refractivity contribution is -0.131. The fraction of sp³-hybridized carbons (Fsp3) is 0.636. The van der Waals surface area contributed by atoms with Crippen LogP contribution in [0.25, 0.3) is 0 Å². The molecule has 2 aliphatic heterocycles. The number of anilines is 1. The molecule has 3 aliphatic rings. The quantitative estimate of drug-likeness (QED) is 0.812. The molecule has 6 nitrogen and oxygen atoms in total. The van der Waals surface area contributed by atoms with Gasteiger partial charge in [0.1, 0.15) is 11.9 Å². The molecule has 1 saturated heterocycles. The van der Waals surface area contributed by atoms with E-state index in [-0.39, 0.29) is 23.7 Å². The van der Waals surface area contributed by atoms with Gasteiger partial charge in [0, 0.05) is 62.9 Å². The van der Waals surface area contributed by atoms with Crippen molar-refractivity contribution in [1.82, 2.24) is 15.1 Å². The van der Waals surface area contributed by atoms with E-state index in [1.807, 2.05) is 11.8 Å². The first kappa shape index (κ1) is 20.1. The van der Waals surface area contributed by atoms with Gasteiger partial charge in [0.15, 0.2) is 0 Å². The molecule has 1 aliphatic carbocycles. The van der Waals surface area contributed by atoms with Crippen LogP contribution in [0.5, 0.6) is 0 Å². The summed E-state index contributed by atoms with van der Waals surface area (Å²) in [5, 5.41) is 6.44. The van der Waals surface area contributed by atoms with E-state index >= 15 is 0 Å². The standard InChI is InChI=1S/C22H31FN4O2/c1-14-6-7-19(23)18-13-20(25-21(14)18)22(29)24-16-4-3-5-17(12-16)27-10-8-26(9-11-27)15(2)28/h6-7,16-17,20,25H,3-5,8-13H2,1-2H3,(H,24,29)/t16-,17-,20?/m0/s1. The molecule has 1 saturated carbocycles. The molecule has 2 heterocycles. The van der Waals surface area contributed by atoms with Gasteiger partial charge in [0.05, 0.1) is 0 Å². The Kier molecular flexibility index (Phi) is 5.76. The number of benzene rings is 1. The molecule has 4 rings (SSSR count). The van der Waals surface area contributed by atoms with Gasteiger partial charge in [0.25, 0.3) is 0 Å². The maximum absolute atomic E-state index is 14.1. The normalized spacial score (nSPS) is 27.3. The summed E-state index contributed by atoms with van der Waals surface area (Å²) in [6.45, 7) is 6.95. The van der Waals surface area contributed by atoms with Crippen molar-refractivity contribution in [3.8, 4) is 0 Å². The fourth-order valence-corrected chi connectivity index (χ4v) is 5.06. The van der Waals surface area contributed by atoms with E-state index in [2.05, 4.69) is 15.5 Å². The summed E-state index contributed by atoms with van der Waals surface area (Å²) < 4.78 is 14.1. The van der Waals surface area contributed by atoms with Crippen molar-refractivity contribution in [2.45, 2.75) is 64.1 Å². The highest BCUT2D eigenvalue weighted by molar-refractivity contribution is 5.88. The zero-order chi connectivity index (χ0) is 20.5. The molecule has 2 fully saturated rings. The smallest absolute Gasteiger partial charge is 0.243 e. The fourth-order valence-electron chi connectivity index (χ4n) is 5.06. The van der Waals surface area contributed by atoms with Gasteiger partial charge in [-0.2, -0.15) is 0 Å². The van der Waals surface area contributed by atoms with Crippen LogP contribution in [0.15, 0.2) is 12.1 Å². The van der Waals surface area contributed by atoms with E-state index < -0.39 is 6.04 Å². The van der Waals surface area contributed by atoms with Gasteiger partial charge in [-0.3, -0.25) is 14.5 Å². The topological polar surface area (TPSA) is 64.7 Å². The summed E-state index contributed by atoms with van der Waals surface area (Å²) in [4.78, 5) is 28.8. The first-order valence-corrected chi connectivity index (χ1v) is 10.8. The number of carbonyl (C=O) groups is 2. The van der Waals surface area contributed by atoms with Crippen molar-refractivity contribution in [2.24, 2.45) is 0 Å². The zero-order valence-corrected chi connectivity index (χ0v) is 17.3. The number of nitrogens with one attached hydrogen (secondary N) is 2. The van der Waals surface area contributed by atoms with Crippen molar-refractivity contribution in [2.75, 3.05) is 31.5 Å². The molecule has 0 spiro atoms. The molecule has 2 amide bonds. The van der Waals surface area contributed by atoms with Crippen LogP contribution in [-0.2, 0) is 16.0 Å². The minimum absolute atomic E-state index is 0.0351. The van der Waals surface area contributed by atoms with Crippen molar-refractivity contribution in [3.63, 3.8) is 0 Å². The van der Waals surface area contributed by atoms with Gasteiger partial charge < -0.3 is 15.5 Å². The Morgan fingerprint density at radius 1 is 1.17 bits per heavy atom. The van der Waals surface area contributed by atoms with Crippen LogP contribution in [0.2, 0.25) is 0 Å². The number of fused-ring (bicyclic) bond motifs is 1. The highest BCUT2D eigenvalue weighted by atomic mass is 19.1. The number of hydrogen-bond donors (Lipinski definition) is 2. The molecule has 29 heavy (non-hydrogen) atoms. The van der Waals surface area contributed by atoms with Gasteiger partial charge in [0.2, 0.25) is 11.8 Å². The second-order valence-electron chi connectivity index (χ2n) is 8.69. The van der Waals surface area contributed by atoms with E-state index in [1.54, 1.807) is 13.0 Å². The molecule has 7 heteroatoms. The first-order valence-electron chi connectivity index (χ1n) is 10.8. The van der Waals surface area contributed by atoms with E-state index in [9.17, 15) is 14.0 Å². The number of halogens is 1. The third-order valence-electron chi connectivity index (χ3n) is 6.78. The summed E-state index contributed by atoms with van der Waals surface area (Å²) in [6, 6.07) is 3.44. The second kappa shape index (κ2) is 8.30. The number of piperazine rings is 1. The Hall–Kier alpha value is -2.15. The Balaban J connectivity index is 1.31. The number of amides is 2. The molecular weight excluding hydrogens is 371 g/mol. The Morgan fingerprint density at radius 3 is 2.62 bits per heavy atom. The van der Waals surface area contributed by atoms with Crippen molar-refractivity contribution in [1.29, 1.82) is 0 Å². The minimum Gasteiger partial charge on any atom is -0.373 e. The lowest BCUT2D eigenvalue weighted by Crippen LogP contribution is -2.54. The van der Waals surface area contributed by atoms with Gasteiger partial charge in [-0.05, 0) is 44.2 Å². The predicted octanol–water partition coefficient (Wildman–Crippen LogP) is 2.06. The van der Waals surface area contributed by atoms with E-state index in [0.29, 0.717) is 18.0 Å². The van der Waals surface area contributed by atoms with E-state index in [4.69, 9.17) is 0 Å². The molecule has 1 unspecified atom stereocenters. The molecule has 158 valence electrons. The van der Waals surface area contributed by atoms with Crippen LogP contribution >= 0.6 is 0 Å². The predicted molar refractivity (Wildman–Crippen MR) is 110 cm³/mol. The van der Waals surface area contributed by atoms with Crippen LogP contribution < -0.4 is 10.6 Å². The summed E-state index contributed by atoms with van der Waals surface area (Å²) >= 11 is 0. The minimum atomic E-state index is -0.403. The second-order valence-corrected chi connectivity index (χ2v) is 8.69. The Morgan fingerprint density at radius 2 is 1.93 bits per heavy atom. The molecule has 0 aromatic heterocycles. The summed E-state index contributed by atoms with van der Waals surface area (Å²) in [5.74, 6) is -0.127. The molecule has 1 aromatic rings. The summed E-state index contributed by atoms with van der Waals surface area (Å²) in [5.41, 5.74) is 2.36. The van der Waals surface area contributed by atoms with Crippen molar-refractivity contribution in [3.05, 3.63) is 29.1 Å². The molecule has 1 aromatic carbocycles. The lowest BCUT2D eigenvalue weighted by Gasteiger charge is -2.42. The van der Waals surface area contributed by atoms with Gasteiger partial charge in [-0.1, -0.05) is 6.07 Å². The van der Waals surface area contributed by atoms with Gasteiger partial charge in [-0.25, -0.2) is 4.39 Å². The SMILES string of the molecule is CC(=O)N1CCN([C@H]2CCC[C@H](NC(=O)C3Cc4c(F)ccc(C)c4N3)C2)CC1. The van der Waals surface area contributed by atoms with E-state index in [1.165, 1.54) is 6.07 Å². The van der Waals surface area contributed by atoms with Crippen LogP contribution in [0, 0.1) is 12.7 Å².